The molecule has 7 nitrogen and oxygen atoms in total. The largest absolute Gasteiger partial charge is 0.463 e. The van der Waals surface area contributed by atoms with E-state index in [2.05, 4.69) is 20.4 Å². The van der Waals surface area contributed by atoms with Crippen LogP contribution in [0.15, 0.2) is 40.5 Å². The highest BCUT2D eigenvalue weighted by Crippen LogP contribution is 2.25. The van der Waals surface area contributed by atoms with E-state index in [1.807, 2.05) is 31.4 Å². The van der Waals surface area contributed by atoms with Crippen LogP contribution in [0.1, 0.15) is 21.7 Å². The van der Waals surface area contributed by atoms with Crippen LogP contribution < -0.4 is 5.32 Å². The third-order valence-electron chi connectivity index (χ3n) is 3.52. The summed E-state index contributed by atoms with van der Waals surface area (Å²) in [5.41, 5.74) is 3.39. The van der Waals surface area contributed by atoms with Crippen molar-refractivity contribution >= 4 is 28.0 Å². The van der Waals surface area contributed by atoms with E-state index in [1.165, 1.54) is 17.5 Å². The summed E-state index contributed by atoms with van der Waals surface area (Å²) >= 11 is 1.33. The fraction of sp³-hybridized carbons (Fsp3) is 0.125. The number of nitrogens with zero attached hydrogens (tertiary/aromatic N) is 4. The second-order valence-corrected chi connectivity index (χ2v) is 6.16. The third-order valence-corrected chi connectivity index (χ3v) is 4.28. The highest BCUT2D eigenvalue weighted by molar-refractivity contribution is 7.14. The molecule has 0 spiro atoms. The minimum atomic E-state index is -0.289. The second-order valence-electron chi connectivity index (χ2n) is 5.30. The molecule has 4 heterocycles. The van der Waals surface area contributed by atoms with Gasteiger partial charge in [-0.05, 0) is 32.0 Å². The lowest BCUT2D eigenvalue weighted by Crippen LogP contribution is -2.12. The Morgan fingerprint density at radius 3 is 3.00 bits per heavy atom. The van der Waals surface area contributed by atoms with Crippen LogP contribution in [-0.4, -0.2) is 25.5 Å². The summed E-state index contributed by atoms with van der Waals surface area (Å²) in [7, 11) is 0. The summed E-state index contributed by atoms with van der Waals surface area (Å²) in [5.74, 6) is 0.374. The number of furan rings is 1. The first-order valence-electron chi connectivity index (χ1n) is 7.24. The number of rotatable bonds is 3. The van der Waals surface area contributed by atoms with Crippen molar-refractivity contribution in [2.75, 3.05) is 5.32 Å². The molecule has 24 heavy (non-hydrogen) atoms. The molecule has 0 unspecified atom stereocenters. The van der Waals surface area contributed by atoms with Crippen molar-refractivity contribution in [2.45, 2.75) is 13.8 Å². The maximum absolute atomic E-state index is 12.5. The Bertz CT molecular complexity index is 1030. The van der Waals surface area contributed by atoms with Gasteiger partial charge >= 0.3 is 0 Å². The number of hydrogen-bond acceptors (Lipinski definition) is 6. The molecule has 4 aromatic rings. The van der Waals surface area contributed by atoms with Gasteiger partial charge in [0.1, 0.15) is 11.3 Å². The van der Waals surface area contributed by atoms with E-state index >= 15 is 0 Å². The zero-order chi connectivity index (χ0) is 16.7. The van der Waals surface area contributed by atoms with Gasteiger partial charge in [-0.25, -0.2) is 14.5 Å². The van der Waals surface area contributed by atoms with E-state index in [9.17, 15) is 4.79 Å². The van der Waals surface area contributed by atoms with Crippen LogP contribution in [0.5, 0.6) is 0 Å². The van der Waals surface area contributed by atoms with Gasteiger partial charge in [-0.1, -0.05) is 0 Å². The first-order valence-corrected chi connectivity index (χ1v) is 8.12. The van der Waals surface area contributed by atoms with Gasteiger partial charge in [-0.2, -0.15) is 5.10 Å². The molecule has 1 N–H and O–H groups in total. The maximum atomic E-state index is 12.5. The van der Waals surface area contributed by atoms with Gasteiger partial charge in [0.2, 0.25) is 0 Å². The number of fused-ring (bicyclic) bond motifs is 1. The number of aromatic nitrogens is 4. The van der Waals surface area contributed by atoms with Crippen LogP contribution in [-0.2, 0) is 0 Å². The molecule has 0 bridgehead atoms. The molecule has 4 aromatic heterocycles. The number of amides is 1. The molecule has 0 aliphatic heterocycles. The highest BCUT2D eigenvalue weighted by atomic mass is 32.1. The highest BCUT2D eigenvalue weighted by Gasteiger charge is 2.17. The average molecular weight is 339 g/mol. The number of hydrogen-bond donors (Lipinski definition) is 1. The van der Waals surface area contributed by atoms with Crippen LogP contribution in [0, 0.1) is 13.8 Å². The Hall–Kier alpha value is -3.00. The maximum Gasteiger partial charge on any atom is 0.262 e. The van der Waals surface area contributed by atoms with Gasteiger partial charge in [0.25, 0.3) is 5.91 Å². The number of anilines is 1. The van der Waals surface area contributed by atoms with E-state index < -0.39 is 0 Å². The summed E-state index contributed by atoms with van der Waals surface area (Å²) in [6.45, 7) is 3.81. The van der Waals surface area contributed by atoms with Crippen molar-refractivity contribution in [1.82, 2.24) is 19.6 Å². The zero-order valence-corrected chi connectivity index (χ0v) is 13.8. The molecule has 0 radical (unpaired) electrons. The van der Waals surface area contributed by atoms with Crippen molar-refractivity contribution in [3.05, 3.63) is 53.0 Å². The zero-order valence-electron chi connectivity index (χ0n) is 13.0. The van der Waals surface area contributed by atoms with Crippen molar-refractivity contribution in [1.29, 1.82) is 0 Å². The van der Waals surface area contributed by atoms with Crippen molar-refractivity contribution in [3.63, 3.8) is 0 Å². The quantitative estimate of drug-likeness (QED) is 0.619. The second kappa shape index (κ2) is 5.57. The normalized spacial score (nSPS) is 11.1. The number of thiazole rings is 1. The van der Waals surface area contributed by atoms with Crippen LogP contribution in [0.2, 0.25) is 0 Å². The standard InChI is InChI=1S/C16H13N5O2S/c1-9-6-10(2)21-14(18-9)11(7-17-21)15(22)20-16-19-12(8-24-16)13-4-3-5-23-13/h3-8H,1-2H3,(H,19,20,22). The minimum Gasteiger partial charge on any atom is -0.463 e. The molecule has 0 aromatic carbocycles. The van der Waals surface area contributed by atoms with Gasteiger partial charge in [0, 0.05) is 16.8 Å². The molecule has 0 aliphatic carbocycles. The monoisotopic (exact) mass is 339 g/mol. The van der Waals surface area contributed by atoms with E-state index in [0.29, 0.717) is 27.8 Å². The lowest BCUT2D eigenvalue weighted by molar-refractivity contribution is 0.102. The Morgan fingerprint density at radius 1 is 1.33 bits per heavy atom. The predicted molar refractivity (Wildman–Crippen MR) is 90.2 cm³/mol. The van der Waals surface area contributed by atoms with Crippen LogP contribution in [0.25, 0.3) is 17.1 Å². The van der Waals surface area contributed by atoms with Crippen molar-refractivity contribution in [3.8, 4) is 11.5 Å². The molecule has 4 rings (SSSR count). The minimum absolute atomic E-state index is 0.289. The topological polar surface area (TPSA) is 85.3 Å². The van der Waals surface area contributed by atoms with E-state index in [1.54, 1.807) is 16.8 Å². The van der Waals surface area contributed by atoms with E-state index in [4.69, 9.17) is 4.42 Å². The summed E-state index contributed by atoms with van der Waals surface area (Å²) in [4.78, 5) is 21.3. The first-order chi connectivity index (χ1) is 11.6. The lowest BCUT2D eigenvalue weighted by Gasteiger charge is -2.02. The molecule has 0 atom stereocenters. The number of nitrogens with one attached hydrogen (secondary N) is 1. The van der Waals surface area contributed by atoms with Gasteiger partial charge in [-0.15, -0.1) is 11.3 Å². The fourth-order valence-corrected chi connectivity index (χ4v) is 3.16. The molecule has 0 aliphatic rings. The smallest absolute Gasteiger partial charge is 0.262 e. The van der Waals surface area contributed by atoms with Crippen molar-refractivity contribution in [2.24, 2.45) is 0 Å². The van der Waals surface area contributed by atoms with Gasteiger partial charge in [-0.3, -0.25) is 10.1 Å². The Morgan fingerprint density at radius 2 is 2.21 bits per heavy atom. The molecular formula is C16H13N5O2S. The molecule has 8 heteroatoms. The SMILES string of the molecule is Cc1cc(C)n2ncc(C(=O)Nc3nc(-c4ccco4)cs3)c2n1. The van der Waals surface area contributed by atoms with Crippen molar-refractivity contribution < 1.29 is 9.21 Å². The molecule has 1 amide bonds. The average Bonchev–Trinajstić information content (AvgIpc) is 3.26. The number of carbonyl (C=O) groups excluding carboxylic acids is 1. The van der Waals surface area contributed by atoms with E-state index in [-0.39, 0.29) is 5.91 Å². The molecule has 0 fully saturated rings. The number of carbonyl (C=O) groups is 1. The third kappa shape index (κ3) is 2.46. The van der Waals surface area contributed by atoms with Crippen LogP contribution in [0.3, 0.4) is 0 Å². The Labute approximate surface area is 141 Å². The fourth-order valence-electron chi connectivity index (χ4n) is 2.46. The van der Waals surface area contributed by atoms with E-state index in [0.717, 1.165) is 11.4 Å². The predicted octanol–water partition coefficient (Wildman–Crippen LogP) is 3.31. The molecule has 0 saturated heterocycles. The van der Waals surface area contributed by atoms with Crippen LogP contribution in [0.4, 0.5) is 5.13 Å². The summed E-state index contributed by atoms with van der Waals surface area (Å²) in [5, 5.41) is 9.35. The first kappa shape index (κ1) is 14.6. The number of aryl methyl sites for hydroxylation is 2. The van der Waals surface area contributed by atoms with Gasteiger partial charge in [0.15, 0.2) is 16.5 Å². The molecular weight excluding hydrogens is 326 g/mol. The van der Waals surface area contributed by atoms with Gasteiger partial charge < -0.3 is 4.42 Å². The molecule has 0 saturated carbocycles. The summed E-state index contributed by atoms with van der Waals surface area (Å²) in [6, 6.07) is 5.53. The van der Waals surface area contributed by atoms with Gasteiger partial charge in [0.05, 0.1) is 12.5 Å². The van der Waals surface area contributed by atoms with Crippen LogP contribution >= 0.6 is 11.3 Å². The lowest BCUT2D eigenvalue weighted by atomic mass is 10.3. The summed E-state index contributed by atoms with van der Waals surface area (Å²) < 4.78 is 6.95. The molecule has 120 valence electrons. The Kier molecular flexibility index (Phi) is 3.39. The Balaban J connectivity index is 1.63. The summed E-state index contributed by atoms with van der Waals surface area (Å²) in [6.07, 6.45) is 3.10.